The quantitative estimate of drug-likeness (QED) is 0.741. The number of hydrogen-bond acceptors (Lipinski definition) is 2. The molecule has 0 heterocycles. The molecule has 2 atom stereocenters. The second-order valence-corrected chi connectivity index (χ2v) is 4.91. The van der Waals surface area contributed by atoms with Gasteiger partial charge in [-0.2, -0.15) is 0 Å². The summed E-state index contributed by atoms with van der Waals surface area (Å²) in [7, 11) is 1.70. The van der Waals surface area contributed by atoms with E-state index in [-0.39, 0.29) is 0 Å². The molecule has 0 amide bonds. The zero-order chi connectivity index (χ0) is 13.4. The third-order valence-electron chi connectivity index (χ3n) is 3.50. The van der Waals surface area contributed by atoms with Gasteiger partial charge in [0.05, 0.1) is 7.11 Å². The third-order valence-corrected chi connectivity index (χ3v) is 3.50. The molecular formula is C16H27NO. The van der Waals surface area contributed by atoms with Gasteiger partial charge in [-0.15, -0.1) is 0 Å². The number of hydrogen-bond donors (Lipinski definition) is 1. The van der Waals surface area contributed by atoms with Crippen molar-refractivity contribution in [2.75, 3.05) is 7.11 Å². The van der Waals surface area contributed by atoms with E-state index in [4.69, 9.17) is 4.74 Å². The Morgan fingerprint density at radius 3 is 2.33 bits per heavy atom. The molecule has 1 unspecified atom stereocenters. The maximum atomic E-state index is 5.18. The van der Waals surface area contributed by atoms with Crippen LogP contribution in [0.3, 0.4) is 0 Å². The van der Waals surface area contributed by atoms with Crippen LogP contribution in [0.4, 0.5) is 0 Å². The molecule has 0 saturated heterocycles. The first-order valence-electron chi connectivity index (χ1n) is 7.11. The fourth-order valence-electron chi connectivity index (χ4n) is 2.20. The second-order valence-electron chi connectivity index (χ2n) is 4.91. The molecule has 102 valence electrons. The Morgan fingerprint density at radius 1 is 1.17 bits per heavy atom. The Kier molecular flexibility index (Phi) is 6.81. The first kappa shape index (κ1) is 15.0. The Bertz CT molecular complexity index is 320. The van der Waals surface area contributed by atoms with Gasteiger partial charge < -0.3 is 10.1 Å². The standard InChI is InChI=1S/C16H27NO/c1-5-7-8-15(6-2)17-13(3)14-9-11-16(18-4)12-10-14/h9-13,15,17H,5-8H2,1-4H3/t13-,15?/m0/s1. The molecule has 0 spiro atoms. The van der Waals surface area contributed by atoms with Crippen LogP contribution >= 0.6 is 0 Å². The van der Waals surface area contributed by atoms with Crippen molar-refractivity contribution in [3.63, 3.8) is 0 Å². The van der Waals surface area contributed by atoms with Crippen molar-refractivity contribution in [2.24, 2.45) is 0 Å². The fraction of sp³-hybridized carbons (Fsp3) is 0.625. The first-order valence-corrected chi connectivity index (χ1v) is 7.11. The summed E-state index contributed by atoms with van der Waals surface area (Å²) in [5.41, 5.74) is 1.32. The van der Waals surface area contributed by atoms with Crippen molar-refractivity contribution in [1.82, 2.24) is 5.32 Å². The minimum absolute atomic E-state index is 0.401. The van der Waals surface area contributed by atoms with E-state index in [0.29, 0.717) is 12.1 Å². The Hall–Kier alpha value is -1.02. The molecule has 1 aromatic rings. The summed E-state index contributed by atoms with van der Waals surface area (Å²) in [6.07, 6.45) is 5.05. The van der Waals surface area contributed by atoms with E-state index >= 15 is 0 Å². The van der Waals surface area contributed by atoms with E-state index in [1.807, 2.05) is 12.1 Å². The highest BCUT2D eigenvalue weighted by atomic mass is 16.5. The lowest BCUT2D eigenvalue weighted by atomic mass is 10.0. The molecule has 0 bridgehead atoms. The molecule has 0 aromatic heterocycles. The molecule has 0 radical (unpaired) electrons. The van der Waals surface area contributed by atoms with Crippen molar-refractivity contribution in [2.45, 2.75) is 58.5 Å². The van der Waals surface area contributed by atoms with Crippen LogP contribution in [0, 0.1) is 0 Å². The molecule has 2 heteroatoms. The highest BCUT2D eigenvalue weighted by Gasteiger charge is 2.11. The summed E-state index contributed by atoms with van der Waals surface area (Å²) in [5, 5.41) is 3.71. The van der Waals surface area contributed by atoms with Crippen LogP contribution in [0.15, 0.2) is 24.3 Å². The predicted molar refractivity (Wildman–Crippen MR) is 78.1 cm³/mol. The van der Waals surface area contributed by atoms with E-state index in [1.54, 1.807) is 7.11 Å². The summed E-state index contributed by atoms with van der Waals surface area (Å²) in [5.74, 6) is 0.920. The smallest absolute Gasteiger partial charge is 0.118 e. The number of nitrogens with one attached hydrogen (secondary N) is 1. The molecule has 1 aromatic carbocycles. The van der Waals surface area contributed by atoms with Gasteiger partial charge in [-0.05, 0) is 37.5 Å². The van der Waals surface area contributed by atoms with Gasteiger partial charge in [0.1, 0.15) is 5.75 Å². The number of ether oxygens (including phenoxy) is 1. The van der Waals surface area contributed by atoms with E-state index in [0.717, 1.165) is 5.75 Å². The van der Waals surface area contributed by atoms with Gasteiger partial charge in [0, 0.05) is 12.1 Å². The van der Waals surface area contributed by atoms with Crippen molar-refractivity contribution in [3.8, 4) is 5.75 Å². The average molecular weight is 249 g/mol. The van der Waals surface area contributed by atoms with Crippen LogP contribution in [-0.2, 0) is 0 Å². The molecule has 18 heavy (non-hydrogen) atoms. The lowest BCUT2D eigenvalue weighted by Crippen LogP contribution is -2.30. The summed E-state index contributed by atoms with van der Waals surface area (Å²) < 4.78 is 5.18. The Balaban J connectivity index is 2.53. The summed E-state index contributed by atoms with van der Waals surface area (Å²) in [4.78, 5) is 0. The molecule has 0 aliphatic heterocycles. The zero-order valence-corrected chi connectivity index (χ0v) is 12.2. The summed E-state index contributed by atoms with van der Waals surface area (Å²) in [6.45, 7) is 6.74. The van der Waals surface area contributed by atoms with Crippen molar-refractivity contribution in [3.05, 3.63) is 29.8 Å². The van der Waals surface area contributed by atoms with Gasteiger partial charge in [0.15, 0.2) is 0 Å². The monoisotopic (exact) mass is 249 g/mol. The first-order chi connectivity index (χ1) is 8.71. The molecule has 0 aliphatic carbocycles. The SMILES string of the molecule is CCCCC(CC)N[C@@H](C)c1ccc(OC)cc1. The highest BCUT2D eigenvalue weighted by molar-refractivity contribution is 5.28. The maximum absolute atomic E-state index is 5.18. The number of methoxy groups -OCH3 is 1. The number of unbranched alkanes of at least 4 members (excludes halogenated alkanes) is 1. The van der Waals surface area contributed by atoms with Crippen molar-refractivity contribution >= 4 is 0 Å². The molecule has 0 saturated carbocycles. The summed E-state index contributed by atoms with van der Waals surface area (Å²) in [6, 6.07) is 9.37. The molecule has 1 N–H and O–H groups in total. The molecule has 2 nitrogen and oxygen atoms in total. The molecule has 0 aliphatic rings. The molecule has 1 rings (SSSR count). The topological polar surface area (TPSA) is 21.3 Å². The van der Waals surface area contributed by atoms with E-state index in [9.17, 15) is 0 Å². The van der Waals surface area contributed by atoms with Gasteiger partial charge in [-0.25, -0.2) is 0 Å². The van der Waals surface area contributed by atoms with Gasteiger partial charge >= 0.3 is 0 Å². The van der Waals surface area contributed by atoms with Crippen molar-refractivity contribution < 1.29 is 4.74 Å². The van der Waals surface area contributed by atoms with Crippen LogP contribution in [0.1, 0.15) is 58.1 Å². The normalized spacial score (nSPS) is 14.2. The maximum Gasteiger partial charge on any atom is 0.118 e. The number of benzene rings is 1. The highest BCUT2D eigenvalue weighted by Crippen LogP contribution is 2.19. The lowest BCUT2D eigenvalue weighted by molar-refractivity contribution is 0.406. The van der Waals surface area contributed by atoms with Crippen LogP contribution in [0.5, 0.6) is 5.75 Å². The fourth-order valence-corrected chi connectivity index (χ4v) is 2.20. The van der Waals surface area contributed by atoms with Gasteiger partial charge in [-0.1, -0.05) is 38.8 Å². The zero-order valence-electron chi connectivity index (χ0n) is 12.2. The van der Waals surface area contributed by atoms with E-state index in [1.165, 1.54) is 31.2 Å². The lowest BCUT2D eigenvalue weighted by Gasteiger charge is -2.22. The predicted octanol–water partition coefficient (Wildman–Crippen LogP) is 4.31. The Morgan fingerprint density at radius 2 is 1.83 bits per heavy atom. The van der Waals surface area contributed by atoms with E-state index < -0.39 is 0 Å². The van der Waals surface area contributed by atoms with Gasteiger partial charge in [0.2, 0.25) is 0 Å². The van der Waals surface area contributed by atoms with Crippen LogP contribution in [0.2, 0.25) is 0 Å². The molecule has 0 fully saturated rings. The van der Waals surface area contributed by atoms with Crippen LogP contribution < -0.4 is 10.1 Å². The van der Waals surface area contributed by atoms with Gasteiger partial charge in [0.25, 0.3) is 0 Å². The minimum atomic E-state index is 0.401. The van der Waals surface area contributed by atoms with Gasteiger partial charge in [-0.3, -0.25) is 0 Å². The van der Waals surface area contributed by atoms with Crippen LogP contribution in [-0.4, -0.2) is 13.2 Å². The largest absolute Gasteiger partial charge is 0.497 e. The second kappa shape index (κ2) is 8.15. The number of rotatable bonds is 8. The molecular weight excluding hydrogens is 222 g/mol. The minimum Gasteiger partial charge on any atom is -0.497 e. The average Bonchev–Trinajstić information content (AvgIpc) is 2.43. The Labute approximate surface area is 112 Å². The van der Waals surface area contributed by atoms with E-state index in [2.05, 4.69) is 38.2 Å². The summed E-state index contributed by atoms with van der Waals surface area (Å²) >= 11 is 0. The van der Waals surface area contributed by atoms with Crippen molar-refractivity contribution in [1.29, 1.82) is 0 Å². The van der Waals surface area contributed by atoms with Crippen LogP contribution in [0.25, 0.3) is 0 Å². The third kappa shape index (κ3) is 4.69.